The van der Waals surface area contributed by atoms with E-state index in [-0.39, 0.29) is 11.7 Å². The van der Waals surface area contributed by atoms with E-state index in [1.165, 1.54) is 0 Å². The van der Waals surface area contributed by atoms with Crippen LogP contribution in [0.5, 0.6) is 5.75 Å². The SMILES string of the molecule is COc1ccc2cc([C@H](C)C(=O)Cc3ccc(-c4ccnc(C)c4)cc3)ccc2c1. The Morgan fingerprint density at radius 3 is 2.37 bits per heavy atom. The Hall–Kier alpha value is -3.46. The van der Waals surface area contributed by atoms with Gasteiger partial charge in [0.25, 0.3) is 0 Å². The summed E-state index contributed by atoms with van der Waals surface area (Å²) in [4.78, 5) is 17.2. The first kappa shape index (κ1) is 19.8. The van der Waals surface area contributed by atoms with Gasteiger partial charge in [-0.05, 0) is 64.2 Å². The van der Waals surface area contributed by atoms with Gasteiger partial charge in [0.15, 0.2) is 0 Å². The number of hydrogen-bond donors (Lipinski definition) is 0. The fourth-order valence-corrected chi connectivity index (χ4v) is 3.72. The van der Waals surface area contributed by atoms with Gasteiger partial charge in [-0.1, -0.05) is 55.5 Å². The molecule has 30 heavy (non-hydrogen) atoms. The summed E-state index contributed by atoms with van der Waals surface area (Å²) < 4.78 is 5.29. The van der Waals surface area contributed by atoms with E-state index in [4.69, 9.17) is 4.74 Å². The lowest BCUT2D eigenvalue weighted by molar-refractivity contribution is -0.119. The van der Waals surface area contributed by atoms with Crippen LogP contribution in [-0.2, 0) is 11.2 Å². The Labute approximate surface area is 177 Å². The minimum Gasteiger partial charge on any atom is -0.497 e. The zero-order valence-electron chi connectivity index (χ0n) is 17.6. The Kier molecular flexibility index (Phi) is 5.62. The lowest BCUT2D eigenvalue weighted by Gasteiger charge is -2.13. The standard InChI is InChI=1S/C27H25NO2/c1-18-14-25(12-13-28-18)21-6-4-20(5-7-21)15-27(29)19(2)22-8-9-24-17-26(30-3)11-10-23(24)16-22/h4-14,16-17,19H,15H2,1-3H3/t19-/m0/s1. The highest BCUT2D eigenvalue weighted by Gasteiger charge is 2.16. The fourth-order valence-electron chi connectivity index (χ4n) is 3.72. The van der Waals surface area contributed by atoms with Gasteiger partial charge in [-0.2, -0.15) is 0 Å². The molecule has 0 N–H and O–H groups in total. The molecule has 0 aliphatic carbocycles. The Balaban J connectivity index is 1.48. The van der Waals surface area contributed by atoms with Crippen LogP contribution in [0.2, 0.25) is 0 Å². The molecule has 0 saturated carbocycles. The lowest BCUT2D eigenvalue weighted by atomic mass is 9.91. The monoisotopic (exact) mass is 395 g/mol. The molecule has 0 unspecified atom stereocenters. The van der Waals surface area contributed by atoms with Crippen molar-refractivity contribution in [2.24, 2.45) is 0 Å². The van der Waals surface area contributed by atoms with Crippen molar-refractivity contribution in [2.45, 2.75) is 26.2 Å². The molecular weight excluding hydrogens is 370 g/mol. The zero-order valence-corrected chi connectivity index (χ0v) is 17.6. The van der Waals surface area contributed by atoms with Crippen LogP contribution in [-0.4, -0.2) is 17.9 Å². The topological polar surface area (TPSA) is 39.2 Å². The molecule has 1 aromatic heterocycles. The lowest BCUT2D eigenvalue weighted by Crippen LogP contribution is -2.12. The Bertz CT molecular complexity index is 1200. The van der Waals surface area contributed by atoms with Gasteiger partial charge < -0.3 is 4.74 Å². The normalized spacial score (nSPS) is 12.0. The van der Waals surface area contributed by atoms with E-state index >= 15 is 0 Å². The van der Waals surface area contributed by atoms with Gasteiger partial charge in [0.05, 0.1) is 7.11 Å². The number of carbonyl (C=O) groups excluding carboxylic acids is 1. The molecular formula is C27H25NO2. The molecule has 0 bridgehead atoms. The predicted molar refractivity (Wildman–Crippen MR) is 122 cm³/mol. The number of benzene rings is 3. The van der Waals surface area contributed by atoms with Crippen LogP contribution in [0.4, 0.5) is 0 Å². The van der Waals surface area contributed by atoms with Crippen molar-refractivity contribution in [1.29, 1.82) is 0 Å². The van der Waals surface area contributed by atoms with E-state index < -0.39 is 0 Å². The van der Waals surface area contributed by atoms with E-state index in [1.807, 2.05) is 62.5 Å². The largest absolute Gasteiger partial charge is 0.497 e. The molecule has 4 aromatic rings. The second-order valence-corrected chi connectivity index (χ2v) is 7.72. The molecule has 0 aliphatic heterocycles. The molecule has 0 radical (unpaired) electrons. The molecule has 4 rings (SSSR count). The van der Waals surface area contributed by atoms with Crippen molar-refractivity contribution in [3.63, 3.8) is 0 Å². The van der Waals surface area contributed by atoms with Crippen molar-refractivity contribution in [1.82, 2.24) is 4.98 Å². The van der Waals surface area contributed by atoms with Gasteiger partial charge in [0.1, 0.15) is 11.5 Å². The first-order chi connectivity index (χ1) is 14.5. The molecule has 0 amide bonds. The van der Waals surface area contributed by atoms with Crippen LogP contribution < -0.4 is 4.74 Å². The molecule has 0 spiro atoms. The highest BCUT2D eigenvalue weighted by molar-refractivity contribution is 5.90. The number of ketones is 1. The maximum absolute atomic E-state index is 12.9. The third-order valence-corrected chi connectivity index (χ3v) is 5.62. The number of fused-ring (bicyclic) bond motifs is 1. The van der Waals surface area contributed by atoms with Gasteiger partial charge in [-0.15, -0.1) is 0 Å². The number of methoxy groups -OCH3 is 1. The van der Waals surface area contributed by atoms with Crippen LogP contribution in [0.1, 0.15) is 29.7 Å². The minimum absolute atomic E-state index is 0.154. The van der Waals surface area contributed by atoms with Crippen LogP contribution >= 0.6 is 0 Å². The first-order valence-electron chi connectivity index (χ1n) is 10.2. The van der Waals surface area contributed by atoms with Crippen molar-refractivity contribution in [2.75, 3.05) is 7.11 Å². The quantitative estimate of drug-likeness (QED) is 0.394. The van der Waals surface area contributed by atoms with Crippen molar-refractivity contribution >= 4 is 16.6 Å². The summed E-state index contributed by atoms with van der Waals surface area (Å²) in [6, 6.07) is 24.5. The summed E-state index contributed by atoms with van der Waals surface area (Å²) in [6.45, 7) is 3.97. The van der Waals surface area contributed by atoms with Gasteiger partial charge >= 0.3 is 0 Å². The number of ether oxygens (including phenoxy) is 1. The second kappa shape index (κ2) is 8.50. The van der Waals surface area contributed by atoms with E-state index in [1.54, 1.807) is 7.11 Å². The molecule has 0 aliphatic rings. The molecule has 150 valence electrons. The number of pyridine rings is 1. The van der Waals surface area contributed by atoms with Crippen molar-refractivity contribution < 1.29 is 9.53 Å². The zero-order chi connectivity index (χ0) is 21.1. The second-order valence-electron chi connectivity index (χ2n) is 7.72. The van der Waals surface area contributed by atoms with E-state index in [0.29, 0.717) is 6.42 Å². The maximum Gasteiger partial charge on any atom is 0.144 e. The molecule has 1 atom stereocenters. The van der Waals surface area contributed by atoms with Gasteiger partial charge in [0.2, 0.25) is 0 Å². The number of Topliss-reactive ketones (excluding diaryl/α,β-unsaturated/α-hetero) is 1. The molecule has 3 aromatic carbocycles. The highest BCUT2D eigenvalue weighted by Crippen LogP contribution is 2.27. The number of nitrogens with zero attached hydrogens (tertiary/aromatic N) is 1. The number of rotatable bonds is 6. The van der Waals surface area contributed by atoms with Crippen LogP contribution in [0.15, 0.2) is 79.0 Å². The summed E-state index contributed by atoms with van der Waals surface area (Å²) in [5, 5.41) is 2.23. The summed E-state index contributed by atoms with van der Waals surface area (Å²) in [7, 11) is 1.67. The Morgan fingerprint density at radius 1 is 0.900 bits per heavy atom. The average Bonchev–Trinajstić information content (AvgIpc) is 2.78. The molecule has 3 nitrogen and oxygen atoms in total. The molecule has 0 saturated heterocycles. The smallest absolute Gasteiger partial charge is 0.144 e. The third-order valence-electron chi connectivity index (χ3n) is 5.62. The minimum atomic E-state index is -0.154. The van der Waals surface area contributed by atoms with Crippen molar-refractivity contribution in [3.8, 4) is 16.9 Å². The molecule has 0 fully saturated rings. The number of hydrogen-bond acceptors (Lipinski definition) is 3. The first-order valence-corrected chi connectivity index (χ1v) is 10.2. The van der Waals surface area contributed by atoms with Gasteiger partial charge in [-0.25, -0.2) is 0 Å². The fraction of sp³-hybridized carbons (Fsp3) is 0.185. The van der Waals surface area contributed by atoms with Gasteiger partial charge in [0, 0.05) is 24.2 Å². The summed E-state index contributed by atoms with van der Waals surface area (Å²) >= 11 is 0. The number of aryl methyl sites for hydroxylation is 1. The number of aromatic nitrogens is 1. The van der Waals surface area contributed by atoms with Gasteiger partial charge in [-0.3, -0.25) is 9.78 Å². The highest BCUT2D eigenvalue weighted by atomic mass is 16.5. The summed E-state index contributed by atoms with van der Waals surface area (Å²) in [6.07, 6.45) is 2.25. The average molecular weight is 396 g/mol. The molecule has 3 heteroatoms. The summed E-state index contributed by atoms with van der Waals surface area (Å²) in [5.41, 5.74) is 5.35. The van der Waals surface area contributed by atoms with Crippen LogP contribution in [0, 0.1) is 6.92 Å². The number of carbonyl (C=O) groups is 1. The molecule has 1 heterocycles. The van der Waals surface area contributed by atoms with E-state index in [9.17, 15) is 4.79 Å². The van der Waals surface area contributed by atoms with Crippen molar-refractivity contribution in [3.05, 3.63) is 95.8 Å². The summed E-state index contributed by atoms with van der Waals surface area (Å²) in [5.74, 6) is 0.902. The van der Waals surface area contributed by atoms with E-state index in [0.717, 1.165) is 44.5 Å². The third kappa shape index (κ3) is 4.25. The maximum atomic E-state index is 12.9. The van der Waals surface area contributed by atoms with E-state index in [2.05, 4.69) is 35.3 Å². The van der Waals surface area contributed by atoms with Crippen LogP contribution in [0.3, 0.4) is 0 Å². The van der Waals surface area contributed by atoms with Crippen LogP contribution in [0.25, 0.3) is 21.9 Å². The Morgan fingerprint density at radius 2 is 1.63 bits per heavy atom. The predicted octanol–water partition coefficient (Wildman–Crippen LogP) is 6.13.